The third-order valence-corrected chi connectivity index (χ3v) is 4.37. The van der Waals surface area contributed by atoms with Gasteiger partial charge in [0.15, 0.2) is 0 Å². The van der Waals surface area contributed by atoms with Crippen LogP contribution < -0.4 is 10.2 Å². The van der Waals surface area contributed by atoms with Gasteiger partial charge in [-0.2, -0.15) is 0 Å². The molecule has 0 unspecified atom stereocenters. The van der Waals surface area contributed by atoms with Crippen molar-refractivity contribution in [3.8, 4) is 0 Å². The maximum absolute atomic E-state index is 4.72. The summed E-state index contributed by atoms with van der Waals surface area (Å²) in [4.78, 5) is 7.16. The molecule has 20 heavy (non-hydrogen) atoms. The van der Waals surface area contributed by atoms with Crippen LogP contribution in [-0.2, 0) is 0 Å². The summed E-state index contributed by atoms with van der Waals surface area (Å²) >= 11 is 0. The summed E-state index contributed by atoms with van der Waals surface area (Å²) in [7, 11) is 1.96. The van der Waals surface area contributed by atoms with Gasteiger partial charge in [0.25, 0.3) is 0 Å². The first kappa shape index (κ1) is 13.2. The molecule has 3 heteroatoms. The molecular weight excluding hydrogens is 246 g/mol. The topological polar surface area (TPSA) is 28.2 Å². The average molecular weight is 269 g/mol. The lowest BCUT2D eigenvalue weighted by Gasteiger charge is -2.32. The van der Waals surface area contributed by atoms with E-state index in [-0.39, 0.29) is 0 Å². The lowest BCUT2D eigenvalue weighted by molar-refractivity contribution is 0.437. The molecule has 0 amide bonds. The predicted molar refractivity (Wildman–Crippen MR) is 86.6 cm³/mol. The smallest absolute Gasteiger partial charge is 0.136 e. The molecule has 1 N–H and O–H groups in total. The number of rotatable bonds is 2. The summed E-state index contributed by atoms with van der Waals surface area (Å²) in [6.45, 7) is 6.73. The molecule has 0 spiro atoms. The van der Waals surface area contributed by atoms with Gasteiger partial charge in [-0.05, 0) is 31.7 Å². The number of anilines is 2. The van der Waals surface area contributed by atoms with Crippen LogP contribution in [0.1, 0.15) is 25.3 Å². The largest absolute Gasteiger partial charge is 0.386 e. The first-order chi connectivity index (χ1) is 9.69. The number of benzene rings is 1. The molecule has 2 heterocycles. The molecule has 1 aromatic carbocycles. The van der Waals surface area contributed by atoms with Crippen LogP contribution in [-0.4, -0.2) is 25.1 Å². The van der Waals surface area contributed by atoms with Gasteiger partial charge in [0.2, 0.25) is 0 Å². The number of aryl methyl sites for hydroxylation is 1. The van der Waals surface area contributed by atoms with Gasteiger partial charge in [-0.25, -0.2) is 4.98 Å². The highest BCUT2D eigenvalue weighted by Crippen LogP contribution is 2.32. The molecule has 3 nitrogen and oxygen atoms in total. The maximum atomic E-state index is 4.72. The van der Waals surface area contributed by atoms with E-state index in [1.807, 2.05) is 13.2 Å². The van der Waals surface area contributed by atoms with Gasteiger partial charge in [-0.15, -0.1) is 0 Å². The van der Waals surface area contributed by atoms with E-state index < -0.39 is 0 Å². The van der Waals surface area contributed by atoms with Gasteiger partial charge in [0.1, 0.15) is 5.82 Å². The Bertz CT molecular complexity index is 613. The first-order valence-corrected chi connectivity index (χ1v) is 7.51. The predicted octanol–water partition coefficient (Wildman–Crippen LogP) is 3.82. The SMILES string of the molecule is CNc1cnc(N2CCC(C)CC2)c2ccc(C)cc12. The third-order valence-electron chi connectivity index (χ3n) is 4.37. The molecule has 0 bridgehead atoms. The summed E-state index contributed by atoms with van der Waals surface area (Å²) < 4.78 is 0. The standard InChI is InChI=1S/C17H23N3/c1-12-6-8-20(9-7-12)17-14-5-4-13(2)10-15(14)16(18-3)11-19-17/h4-5,10-12,18H,6-9H2,1-3H3. The van der Waals surface area contributed by atoms with Gasteiger partial charge >= 0.3 is 0 Å². The molecular formula is C17H23N3. The van der Waals surface area contributed by atoms with E-state index in [9.17, 15) is 0 Å². The van der Waals surface area contributed by atoms with Crippen LogP contribution in [0.25, 0.3) is 10.8 Å². The van der Waals surface area contributed by atoms with Crippen molar-refractivity contribution < 1.29 is 0 Å². The van der Waals surface area contributed by atoms with Gasteiger partial charge in [-0.3, -0.25) is 0 Å². The molecule has 0 saturated carbocycles. The Morgan fingerprint density at radius 3 is 2.65 bits per heavy atom. The molecule has 1 aliphatic rings. The minimum absolute atomic E-state index is 0.844. The second-order valence-corrected chi connectivity index (χ2v) is 5.96. The van der Waals surface area contributed by atoms with Gasteiger partial charge in [0.05, 0.1) is 11.9 Å². The normalized spacial score (nSPS) is 16.6. The van der Waals surface area contributed by atoms with E-state index in [4.69, 9.17) is 4.98 Å². The van der Waals surface area contributed by atoms with Crippen molar-refractivity contribution in [3.63, 3.8) is 0 Å². The average Bonchev–Trinajstić information content (AvgIpc) is 2.47. The van der Waals surface area contributed by atoms with Gasteiger partial charge in [-0.1, -0.05) is 24.6 Å². The highest BCUT2D eigenvalue weighted by molar-refractivity contribution is 6.00. The van der Waals surface area contributed by atoms with Crippen molar-refractivity contribution in [2.75, 3.05) is 30.4 Å². The van der Waals surface area contributed by atoms with Crippen molar-refractivity contribution in [2.45, 2.75) is 26.7 Å². The molecule has 1 fully saturated rings. The number of nitrogens with zero attached hydrogens (tertiary/aromatic N) is 2. The van der Waals surface area contributed by atoms with E-state index >= 15 is 0 Å². The van der Waals surface area contributed by atoms with E-state index in [0.717, 1.165) is 30.5 Å². The molecule has 2 aromatic rings. The highest BCUT2D eigenvalue weighted by atomic mass is 15.2. The van der Waals surface area contributed by atoms with Crippen molar-refractivity contribution in [1.29, 1.82) is 0 Å². The summed E-state index contributed by atoms with van der Waals surface area (Å²) in [5.41, 5.74) is 2.40. The van der Waals surface area contributed by atoms with Crippen LogP contribution in [0.4, 0.5) is 11.5 Å². The summed E-state index contributed by atoms with van der Waals surface area (Å²) in [6, 6.07) is 6.64. The van der Waals surface area contributed by atoms with Crippen LogP contribution >= 0.6 is 0 Å². The number of hydrogen-bond donors (Lipinski definition) is 1. The maximum Gasteiger partial charge on any atom is 0.136 e. The molecule has 3 rings (SSSR count). The summed E-state index contributed by atoms with van der Waals surface area (Å²) in [5.74, 6) is 1.99. The summed E-state index contributed by atoms with van der Waals surface area (Å²) in [6.07, 6.45) is 4.50. The van der Waals surface area contributed by atoms with Crippen molar-refractivity contribution in [3.05, 3.63) is 30.0 Å². The van der Waals surface area contributed by atoms with Crippen LogP contribution in [0, 0.1) is 12.8 Å². The van der Waals surface area contributed by atoms with Crippen LogP contribution in [0.15, 0.2) is 24.4 Å². The van der Waals surface area contributed by atoms with Crippen LogP contribution in [0.3, 0.4) is 0 Å². The van der Waals surface area contributed by atoms with Crippen molar-refractivity contribution in [1.82, 2.24) is 4.98 Å². The molecule has 0 aliphatic carbocycles. The Labute approximate surface area is 121 Å². The molecule has 0 radical (unpaired) electrons. The number of nitrogens with one attached hydrogen (secondary N) is 1. The Hall–Kier alpha value is -1.77. The fourth-order valence-corrected chi connectivity index (χ4v) is 3.01. The molecule has 1 aliphatic heterocycles. The van der Waals surface area contributed by atoms with Gasteiger partial charge in [0, 0.05) is 30.9 Å². The van der Waals surface area contributed by atoms with Crippen LogP contribution in [0.2, 0.25) is 0 Å². The van der Waals surface area contributed by atoms with Crippen molar-refractivity contribution >= 4 is 22.3 Å². The molecule has 1 aromatic heterocycles. The Morgan fingerprint density at radius 1 is 1.20 bits per heavy atom. The van der Waals surface area contributed by atoms with Gasteiger partial charge < -0.3 is 10.2 Å². The van der Waals surface area contributed by atoms with E-state index in [1.54, 1.807) is 0 Å². The van der Waals surface area contributed by atoms with Crippen molar-refractivity contribution in [2.24, 2.45) is 5.92 Å². The first-order valence-electron chi connectivity index (χ1n) is 7.51. The number of hydrogen-bond acceptors (Lipinski definition) is 3. The fourth-order valence-electron chi connectivity index (χ4n) is 3.01. The molecule has 106 valence electrons. The van der Waals surface area contributed by atoms with E-state index in [2.05, 4.69) is 42.3 Å². The minimum Gasteiger partial charge on any atom is -0.386 e. The quantitative estimate of drug-likeness (QED) is 0.898. The second-order valence-electron chi connectivity index (χ2n) is 5.96. The fraction of sp³-hybridized carbons (Fsp3) is 0.471. The zero-order valence-corrected chi connectivity index (χ0v) is 12.6. The van der Waals surface area contributed by atoms with E-state index in [1.165, 1.54) is 29.2 Å². The number of pyridine rings is 1. The Balaban J connectivity index is 2.07. The monoisotopic (exact) mass is 269 g/mol. The van der Waals surface area contributed by atoms with E-state index in [0.29, 0.717) is 0 Å². The number of piperidine rings is 1. The number of aromatic nitrogens is 1. The third kappa shape index (κ3) is 2.33. The minimum atomic E-state index is 0.844. The summed E-state index contributed by atoms with van der Waals surface area (Å²) in [5, 5.41) is 5.79. The lowest BCUT2D eigenvalue weighted by Crippen LogP contribution is -2.33. The molecule has 1 saturated heterocycles. The highest BCUT2D eigenvalue weighted by Gasteiger charge is 2.19. The second kappa shape index (κ2) is 5.31. The Kier molecular flexibility index (Phi) is 3.51. The lowest BCUT2D eigenvalue weighted by atomic mass is 9.98. The number of fused-ring (bicyclic) bond motifs is 1. The van der Waals surface area contributed by atoms with Crippen LogP contribution in [0.5, 0.6) is 0 Å². The molecule has 0 atom stereocenters. The zero-order chi connectivity index (χ0) is 14.1. The zero-order valence-electron chi connectivity index (χ0n) is 12.6. The Morgan fingerprint density at radius 2 is 1.95 bits per heavy atom.